The minimum Gasteiger partial charge on any atom is -0.392 e. The van der Waals surface area contributed by atoms with Gasteiger partial charge in [0.1, 0.15) is 0 Å². The van der Waals surface area contributed by atoms with Crippen LogP contribution in [0.15, 0.2) is 0 Å². The Morgan fingerprint density at radius 3 is 2.46 bits per heavy atom. The van der Waals surface area contributed by atoms with Crippen LogP contribution >= 0.6 is 12.2 Å². The normalized spacial score (nSPS) is 19.2. The number of rotatable bonds is 4. The van der Waals surface area contributed by atoms with Crippen LogP contribution in [0.1, 0.15) is 39.0 Å². The smallest absolute Gasteiger partial charge is 0.0870 e. The van der Waals surface area contributed by atoms with Gasteiger partial charge in [-0.2, -0.15) is 0 Å². The monoisotopic (exact) mass is 200 g/mol. The first-order chi connectivity index (χ1) is 6.24. The van der Waals surface area contributed by atoms with E-state index in [-0.39, 0.29) is 0 Å². The lowest BCUT2D eigenvalue weighted by Crippen LogP contribution is -2.41. The van der Waals surface area contributed by atoms with E-state index in [1.807, 2.05) is 0 Å². The van der Waals surface area contributed by atoms with Gasteiger partial charge in [-0.1, -0.05) is 38.4 Å². The lowest BCUT2D eigenvalue weighted by Gasteiger charge is -2.33. The second-order valence-electron chi connectivity index (χ2n) is 3.82. The predicted octanol–water partition coefficient (Wildman–Crippen LogP) is 1.93. The van der Waals surface area contributed by atoms with Gasteiger partial charge in [0.25, 0.3) is 0 Å². The molecular formula is C10H20N2S. The third kappa shape index (κ3) is 3.61. The van der Waals surface area contributed by atoms with Crippen LogP contribution in [0.3, 0.4) is 0 Å². The molecule has 1 rings (SSSR count). The van der Waals surface area contributed by atoms with E-state index in [9.17, 15) is 0 Å². The summed E-state index contributed by atoms with van der Waals surface area (Å²) >= 11 is 4.94. The standard InChI is InChI=1S/C10H20N2S/c1-2-12(8-10(11)13)9-6-4-3-5-7-9/h9H,2-8H2,1H3,(H2,11,13). The van der Waals surface area contributed by atoms with E-state index in [4.69, 9.17) is 18.0 Å². The van der Waals surface area contributed by atoms with E-state index in [1.54, 1.807) is 0 Å². The molecule has 13 heavy (non-hydrogen) atoms. The van der Waals surface area contributed by atoms with E-state index in [2.05, 4.69) is 11.8 Å². The Morgan fingerprint density at radius 1 is 1.38 bits per heavy atom. The molecule has 0 unspecified atom stereocenters. The molecule has 1 fully saturated rings. The number of likely N-dealkylation sites (N-methyl/N-ethyl adjacent to an activating group) is 1. The van der Waals surface area contributed by atoms with E-state index in [0.29, 0.717) is 4.99 Å². The molecule has 0 saturated heterocycles. The highest BCUT2D eigenvalue weighted by molar-refractivity contribution is 7.80. The zero-order valence-electron chi connectivity index (χ0n) is 8.46. The molecular weight excluding hydrogens is 180 g/mol. The number of hydrogen-bond acceptors (Lipinski definition) is 2. The second-order valence-corrected chi connectivity index (χ2v) is 4.35. The summed E-state index contributed by atoms with van der Waals surface area (Å²) in [5.74, 6) is 0. The molecule has 1 aliphatic carbocycles. The van der Waals surface area contributed by atoms with Crippen molar-refractivity contribution in [2.45, 2.75) is 45.1 Å². The van der Waals surface area contributed by atoms with Crippen molar-refractivity contribution in [1.29, 1.82) is 0 Å². The molecule has 0 aromatic rings. The van der Waals surface area contributed by atoms with Crippen LogP contribution in [-0.2, 0) is 0 Å². The minimum atomic E-state index is 0.632. The first-order valence-electron chi connectivity index (χ1n) is 5.26. The van der Waals surface area contributed by atoms with Crippen molar-refractivity contribution in [3.63, 3.8) is 0 Å². The topological polar surface area (TPSA) is 29.3 Å². The van der Waals surface area contributed by atoms with Gasteiger partial charge in [0, 0.05) is 12.6 Å². The number of nitrogens with zero attached hydrogens (tertiary/aromatic N) is 1. The Kier molecular flexibility index (Phi) is 4.67. The molecule has 0 spiro atoms. The van der Waals surface area contributed by atoms with Crippen molar-refractivity contribution < 1.29 is 0 Å². The van der Waals surface area contributed by atoms with Crippen LogP contribution in [0.4, 0.5) is 0 Å². The van der Waals surface area contributed by atoms with E-state index >= 15 is 0 Å². The van der Waals surface area contributed by atoms with Gasteiger partial charge in [0.15, 0.2) is 0 Å². The van der Waals surface area contributed by atoms with E-state index in [1.165, 1.54) is 32.1 Å². The molecule has 76 valence electrons. The summed E-state index contributed by atoms with van der Waals surface area (Å²) in [6.45, 7) is 4.06. The second kappa shape index (κ2) is 5.55. The fourth-order valence-corrected chi connectivity index (χ4v) is 2.31. The SMILES string of the molecule is CCN(CC(N)=S)C1CCCCC1. The number of thiocarbonyl (C=S) groups is 1. The minimum absolute atomic E-state index is 0.632. The van der Waals surface area contributed by atoms with Crippen LogP contribution in [0, 0.1) is 0 Å². The Hall–Kier alpha value is -0.150. The highest BCUT2D eigenvalue weighted by Gasteiger charge is 2.19. The molecule has 0 aliphatic heterocycles. The number of nitrogens with two attached hydrogens (primary N) is 1. The summed E-state index contributed by atoms with van der Waals surface area (Å²) in [4.78, 5) is 3.05. The molecule has 0 heterocycles. The van der Waals surface area contributed by atoms with Gasteiger partial charge in [-0.3, -0.25) is 4.90 Å². The first kappa shape index (κ1) is 10.9. The molecule has 3 heteroatoms. The molecule has 1 saturated carbocycles. The van der Waals surface area contributed by atoms with Crippen LogP contribution in [0.25, 0.3) is 0 Å². The zero-order valence-corrected chi connectivity index (χ0v) is 9.28. The maximum atomic E-state index is 5.57. The maximum absolute atomic E-state index is 5.57. The summed E-state index contributed by atoms with van der Waals surface area (Å²) < 4.78 is 0. The molecule has 2 N–H and O–H groups in total. The molecule has 0 radical (unpaired) electrons. The summed E-state index contributed by atoms with van der Waals surface area (Å²) in [5, 5.41) is 0. The van der Waals surface area contributed by atoms with Gasteiger partial charge in [0.05, 0.1) is 4.99 Å². The largest absolute Gasteiger partial charge is 0.392 e. The Labute approximate surface area is 86.5 Å². The Morgan fingerprint density at radius 2 is 2.00 bits per heavy atom. The quantitative estimate of drug-likeness (QED) is 0.703. The summed E-state index contributed by atoms with van der Waals surface area (Å²) in [6.07, 6.45) is 6.81. The first-order valence-corrected chi connectivity index (χ1v) is 5.67. The molecule has 1 aliphatic rings. The predicted molar refractivity (Wildman–Crippen MR) is 60.9 cm³/mol. The van der Waals surface area contributed by atoms with Crippen molar-refractivity contribution in [3.8, 4) is 0 Å². The highest BCUT2D eigenvalue weighted by Crippen LogP contribution is 2.22. The lowest BCUT2D eigenvalue weighted by molar-refractivity contribution is 0.186. The van der Waals surface area contributed by atoms with Crippen molar-refractivity contribution in [2.75, 3.05) is 13.1 Å². The fraction of sp³-hybridized carbons (Fsp3) is 0.900. The van der Waals surface area contributed by atoms with Gasteiger partial charge < -0.3 is 5.73 Å². The molecule has 0 amide bonds. The average Bonchev–Trinajstić information content (AvgIpc) is 2.15. The van der Waals surface area contributed by atoms with Gasteiger partial charge >= 0.3 is 0 Å². The van der Waals surface area contributed by atoms with Crippen LogP contribution in [0.5, 0.6) is 0 Å². The average molecular weight is 200 g/mol. The Balaban J connectivity index is 2.39. The van der Waals surface area contributed by atoms with Gasteiger partial charge in [-0.05, 0) is 19.4 Å². The van der Waals surface area contributed by atoms with Crippen LogP contribution in [0.2, 0.25) is 0 Å². The van der Waals surface area contributed by atoms with Crippen LogP contribution in [-0.4, -0.2) is 29.0 Å². The molecule has 0 bridgehead atoms. The van der Waals surface area contributed by atoms with E-state index in [0.717, 1.165) is 19.1 Å². The molecule has 0 atom stereocenters. The van der Waals surface area contributed by atoms with Crippen LogP contribution < -0.4 is 5.73 Å². The lowest BCUT2D eigenvalue weighted by atomic mass is 9.94. The van der Waals surface area contributed by atoms with E-state index < -0.39 is 0 Å². The fourth-order valence-electron chi connectivity index (χ4n) is 2.15. The number of hydrogen-bond donors (Lipinski definition) is 1. The third-order valence-corrected chi connectivity index (χ3v) is 2.99. The maximum Gasteiger partial charge on any atom is 0.0870 e. The zero-order chi connectivity index (χ0) is 9.68. The molecule has 0 aromatic heterocycles. The van der Waals surface area contributed by atoms with Gasteiger partial charge in [-0.15, -0.1) is 0 Å². The van der Waals surface area contributed by atoms with Gasteiger partial charge in [0.2, 0.25) is 0 Å². The van der Waals surface area contributed by atoms with Crippen molar-refractivity contribution in [3.05, 3.63) is 0 Å². The van der Waals surface area contributed by atoms with Crippen molar-refractivity contribution in [2.24, 2.45) is 5.73 Å². The summed E-state index contributed by atoms with van der Waals surface area (Å²) in [6, 6.07) is 0.736. The summed E-state index contributed by atoms with van der Waals surface area (Å²) in [5.41, 5.74) is 5.57. The summed E-state index contributed by atoms with van der Waals surface area (Å²) in [7, 11) is 0. The molecule has 2 nitrogen and oxygen atoms in total. The Bertz CT molecular complexity index is 164. The third-order valence-electron chi connectivity index (χ3n) is 2.86. The van der Waals surface area contributed by atoms with Crippen molar-refractivity contribution >= 4 is 17.2 Å². The van der Waals surface area contributed by atoms with Gasteiger partial charge in [-0.25, -0.2) is 0 Å². The molecule has 0 aromatic carbocycles. The highest BCUT2D eigenvalue weighted by atomic mass is 32.1. The van der Waals surface area contributed by atoms with Crippen molar-refractivity contribution in [1.82, 2.24) is 4.90 Å².